The Balaban J connectivity index is 1.71. The predicted molar refractivity (Wildman–Crippen MR) is 96.1 cm³/mol. The van der Waals surface area contributed by atoms with E-state index in [0.29, 0.717) is 0 Å². The molecule has 2 aliphatic rings. The highest BCUT2D eigenvalue weighted by Crippen LogP contribution is 2.31. The third kappa shape index (κ3) is 3.27. The van der Waals surface area contributed by atoms with Crippen LogP contribution in [0.3, 0.4) is 0 Å². The summed E-state index contributed by atoms with van der Waals surface area (Å²) in [5, 5.41) is 0.464. The summed E-state index contributed by atoms with van der Waals surface area (Å²) in [7, 11) is 0. The second kappa shape index (κ2) is 6.96. The number of benzene rings is 1. The summed E-state index contributed by atoms with van der Waals surface area (Å²) in [5.41, 5.74) is 0.484. The van der Waals surface area contributed by atoms with E-state index in [4.69, 9.17) is 23.2 Å². The number of hydrogen-bond acceptors (Lipinski definition) is 3. The maximum atomic E-state index is 12.6. The van der Waals surface area contributed by atoms with Crippen molar-refractivity contribution in [1.82, 2.24) is 9.80 Å². The van der Waals surface area contributed by atoms with Crippen LogP contribution in [0.15, 0.2) is 12.1 Å². The number of rotatable bonds is 3. The van der Waals surface area contributed by atoms with Crippen molar-refractivity contribution in [3.63, 3.8) is 0 Å². The van der Waals surface area contributed by atoms with Crippen molar-refractivity contribution in [1.29, 1.82) is 0 Å². The van der Waals surface area contributed by atoms with Gasteiger partial charge in [0.1, 0.15) is 0 Å². The lowest BCUT2D eigenvalue weighted by molar-refractivity contribution is -0.137. The lowest BCUT2D eigenvalue weighted by atomic mass is 9.97. The Hall–Kier alpha value is -1.59. The Morgan fingerprint density at radius 2 is 1.52 bits per heavy atom. The number of nitrogens with zero attached hydrogens (tertiary/aromatic N) is 2. The van der Waals surface area contributed by atoms with Gasteiger partial charge < -0.3 is 4.90 Å². The zero-order chi connectivity index (χ0) is 18.3. The molecule has 0 radical (unpaired) electrons. The molecule has 0 spiro atoms. The SMILES string of the molecule is C[C@@H]1CCC[C@H](C)N1C(=O)CCN1C(=O)c2cc(Cl)c(Cl)cc2C1=O. The number of carbonyl (C=O) groups is 3. The lowest BCUT2D eigenvalue weighted by Crippen LogP contribution is -2.48. The van der Waals surface area contributed by atoms with Gasteiger partial charge in [-0.05, 0) is 45.2 Å². The molecule has 0 aliphatic carbocycles. The number of amides is 3. The summed E-state index contributed by atoms with van der Waals surface area (Å²) >= 11 is 11.9. The molecule has 1 aromatic carbocycles. The number of likely N-dealkylation sites (tertiary alicyclic amines) is 1. The molecule has 134 valence electrons. The van der Waals surface area contributed by atoms with Gasteiger partial charge in [0.15, 0.2) is 0 Å². The van der Waals surface area contributed by atoms with Crippen molar-refractivity contribution in [2.24, 2.45) is 0 Å². The fourth-order valence-corrected chi connectivity index (χ4v) is 4.06. The van der Waals surface area contributed by atoms with Crippen molar-refractivity contribution < 1.29 is 14.4 Å². The van der Waals surface area contributed by atoms with E-state index in [1.54, 1.807) is 0 Å². The standard InChI is InChI=1S/C18H20Cl2N2O3/c1-10-4-3-5-11(2)22(10)16(23)6-7-21-17(24)12-8-14(19)15(20)9-13(12)18(21)25/h8-11H,3-7H2,1-2H3/t10-,11+. The van der Waals surface area contributed by atoms with E-state index >= 15 is 0 Å². The molecule has 2 heterocycles. The predicted octanol–water partition coefficient (Wildman–Crippen LogP) is 3.77. The molecule has 2 atom stereocenters. The summed E-state index contributed by atoms with van der Waals surface area (Å²) in [5.74, 6) is -0.871. The van der Waals surface area contributed by atoms with Gasteiger partial charge in [-0.15, -0.1) is 0 Å². The van der Waals surface area contributed by atoms with Crippen LogP contribution in [0.5, 0.6) is 0 Å². The van der Waals surface area contributed by atoms with E-state index in [0.717, 1.165) is 24.2 Å². The minimum atomic E-state index is -0.425. The Bertz CT molecular complexity index is 699. The summed E-state index contributed by atoms with van der Waals surface area (Å²) in [4.78, 5) is 40.5. The van der Waals surface area contributed by atoms with Gasteiger partial charge in [-0.3, -0.25) is 19.3 Å². The van der Waals surface area contributed by atoms with Crippen LogP contribution in [-0.2, 0) is 4.79 Å². The van der Waals surface area contributed by atoms with Gasteiger partial charge in [0.05, 0.1) is 21.2 Å². The topological polar surface area (TPSA) is 57.7 Å². The largest absolute Gasteiger partial charge is 0.337 e. The third-order valence-electron chi connectivity index (χ3n) is 5.04. The number of halogens is 2. The average Bonchev–Trinajstić information content (AvgIpc) is 2.77. The third-order valence-corrected chi connectivity index (χ3v) is 5.76. The maximum Gasteiger partial charge on any atom is 0.261 e. The van der Waals surface area contributed by atoms with E-state index in [9.17, 15) is 14.4 Å². The van der Waals surface area contributed by atoms with Crippen LogP contribution in [0.1, 0.15) is 60.2 Å². The molecule has 3 rings (SSSR count). The highest BCUT2D eigenvalue weighted by Gasteiger charge is 2.37. The molecule has 1 saturated heterocycles. The first-order chi connectivity index (χ1) is 11.8. The van der Waals surface area contributed by atoms with Crippen molar-refractivity contribution in [3.05, 3.63) is 33.3 Å². The van der Waals surface area contributed by atoms with Crippen LogP contribution in [0.25, 0.3) is 0 Å². The first-order valence-corrected chi connectivity index (χ1v) is 9.23. The summed E-state index contributed by atoms with van der Waals surface area (Å²) in [6.45, 7) is 4.15. The summed E-state index contributed by atoms with van der Waals surface area (Å²) in [6, 6.07) is 3.21. The second-order valence-electron chi connectivity index (χ2n) is 6.75. The highest BCUT2D eigenvalue weighted by atomic mass is 35.5. The van der Waals surface area contributed by atoms with Crippen LogP contribution >= 0.6 is 23.2 Å². The molecule has 25 heavy (non-hydrogen) atoms. The number of imide groups is 1. The Labute approximate surface area is 156 Å². The van der Waals surface area contributed by atoms with Crippen molar-refractivity contribution in [2.75, 3.05) is 6.54 Å². The first kappa shape index (κ1) is 18.2. The smallest absolute Gasteiger partial charge is 0.261 e. The molecular weight excluding hydrogens is 363 g/mol. The zero-order valence-electron chi connectivity index (χ0n) is 14.2. The molecular formula is C18H20Cl2N2O3. The Morgan fingerprint density at radius 1 is 1.04 bits per heavy atom. The van der Waals surface area contributed by atoms with Gasteiger partial charge >= 0.3 is 0 Å². The Morgan fingerprint density at radius 3 is 2.00 bits per heavy atom. The number of fused-ring (bicyclic) bond motifs is 1. The maximum absolute atomic E-state index is 12.6. The average molecular weight is 383 g/mol. The molecule has 0 unspecified atom stereocenters. The monoisotopic (exact) mass is 382 g/mol. The fraction of sp³-hybridized carbons (Fsp3) is 0.500. The first-order valence-electron chi connectivity index (χ1n) is 8.47. The van der Waals surface area contributed by atoms with Gasteiger partial charge in [-0.25, -0.2) is 0 Å². The molecule has 2 aliphatic heterocycles. The summed E-state index contributed by atoms with van der Waals surface area (Å²) < 4.78 is 0. The molecule has 5 nitrogen and oxygen atoms in total. The fourth-order valence-electron chi connectivity index (χ4n) is 3.74. The minimum Gasteiger partial charge on any atom is -0.337 e. The van der Waals surface area contributed by atoms with Crippen molar-refractivity contribution >= 4 is 40.9 Å². The van der Waals surface area contributed by atoms with Gasteiger partial charge in [-0.2, -0.15) is 0 Å². The normalized spacial score (nSPS) is 23.2. The van der Waals surface area contributed by atoms with E-state index in [1.165, 1.54) is 12.1 Å². The molecule has 1 aromatic rings. The van der Waals surface area contributed by atoms with Crippen LogP contribution in [-0.4, -0.2) is 46.1 Å². The quantitative estimate of drug-likeness (QED) is 0.747. The molecule has 0 saturated carbocycles. The molecule has 3 amide bonds. The van der Waals surface area contributed by atoms with E-state index in [1.807, 2.05) is 18.7 Å². The van der Waals surface area contributed by atoms with Gasteiger partial charge in [-0.1, -0.05) is 23.2 Å². The molecule has 0 N–H and O–H groups in total. The second-order valence-corrected chi connectivity index (χ2v) is 7.57. The van der Waals surface area contributed by atoms with Crippen LogP contribution in [0, 0.1) is 0 Å². The molecule has 1 fully saturated rings. The van der Waals surface area contributed by atoms with E-state index in [-0.39, 0.29) is 52.1 Å². The number of carbonyl (C=O) groups excluding carboxylic acids is 3. The zero-order valence-corrected chi connectivity index (χ0v) is 15.7. The molecule has 0 bridgehead atoms. The van der Waals surface area contributed by atoms with Gasteiger partial charge in [0, 0.05) is 25.0 Å². The molecule has 0 aromatic heterocycles. The van der Waals surface area contributed by atoms with Crippen molar-refractivity contribution in [3.8, 4) is 0 Å². The van der Waals surface area contributed by atoms with Gasteiger partial charge in [0.2, 0.25) is 5.91 Å². The van der Waals surface area contributed by atoms with Crippen molar-refractivity contribution in [2.45, 2.75) is 51.6 Å². The number of piperidine rings is 1. The van der Waals surface area contributed by atoms with Crippen LogP contribution in [0.2, 0.25) is 10.0 Å². The minimum absolute atomic E-state index is 0.0210. The van der Waals surface area contributed by atoms with Gasteiger partial charge in [0.25, 0.3) is 11.8 Å². The Kier molecular flexibility index (Phi) is 5.07. The number of hydrogen-bond donors (Lipinski definition) is 0. The molecule has 7 heteroatoms. The summed E-state index contributed by atoms with van der Waals surface area (Å²) in [6.07, 6.45) is 3.22. The van der Waals surface area contributed by atoms with Crippen LogP contribution in [0.4, 0.5) is 0 Å². The highest BCUT2D eigenvalue weighted by molar-refractivity contribution is 6.43. The van der Waals surface area contributed by atoms with E-state index in [2.05, 4.69) is 0 Å². The van der Waals surface area contributed by atoms with E-state index < -0.39 is 11.8 Å². The van der Waals surface area contributed by atoms with Crippen LogP contribution < -0.4 is 0 Å². The lowest BCUT2D eigenvalue weighted by Gasteiger charge is -2.39.